The first-order valence-corrected chi connectivity index (χ1v) is 4.95. The first-order chi connectivity index (χ1) is 7.29. The van der Waals surface area contributed by atoms with Gasteiger partial charge < -0.3 is 20.7 Å². The van der Waals surface area contributed by atoms with E-state index in [0.717, 1.165) is 25.2 Å². The van der Waals surface area contributed by atoms with E-state index < -0.39 is 0 Å². The van der Waals surface area contributed by atoms with Crippen LogP contribution in [0, 0.1) is 0 Å². The summed E-state index contributed by atoms with van der Waals surface area (Å²) in [5.41, 5.74) is 6.38. The Balaban J connectivity index is 2.13. The molecule has 1 aliphatic rings. The SMILES string of the molecule is Nc1ccnc(N2CCNC(C=O)C2)c1. The molecule has 15 heavy (non-hydrogen) atoms. The van der Waals surface area contributed by atoms with Crippen LogP contribution >= 0.6 is 0 Å². The molecule has 1 atom stereocenters. The largest absolute Gasteiger partial charge is 0.399 e. The van der Waals surface area contributed by atoms with Gasteiger partial charge in [-0.3, -0.25) is 0 Å². The molecule has 1 saturated heterocycles. The summed E-state index contributed by atoms with van der Waals surface area (Å²) in [7, 11) is 0. The molecule has 3 N–H and O–H groups in total. The fraction of sp³-hybridized carbons (Fsp3) is 0.400. The van der Waals surface area contributed by atoms with Crippen molar-refractivity contribution in [3.05, 3.63) is 18.3 Å². The molecule has 2 heterocycles. The van der Waals surface area contributed by atoms with Crippen molar-refractivity contribution in [1.29, 1.82) is 0 Å². The van der Waals surface area contributed by atoms with E-state index in [1.165, 1.54) is 0 Å². The van der Waals surface area contributed by atoms with Crippen molar-refractivity contribution in [1.82, 2.24) is 10.3 Å². The van der Waals surface area contributed by atoms with Crippen LogP contribution in [-0.4, -0.2) is 36.9 Å². The lowest BCUT2D eigenvalue weighted by Crippen LogP contribution is -2.51. The van der Waals surface area contributed by atoms with Gasteiger partial charge >= 0.3 is 0 Å². The molecule has 1 aromatic rings. The van der Waals surface area contributed by atoms with Crippen LogP contribution in [0.2, 0.25) is 0 Å². The molecule has 1 aromatic heterocycles. The first-order valence-electron chi connectivity index (χ1n) is 4.95. The van der Waals surface area contributed by atoms with Gasteiger partial charge in [-0.2, -0.15) is 0 Å². The Morgan fingerprint density at radius 2 is 2.53 bits per heavy atom. The van der Waals surface area contributed by atoms with Crippen LogP contribution in [0.4, 0.5) is 11.5 Å². The maximum Gasteiger partial charge on any atom is 0.138 e. The predicted octanol–water partition coefficient (Wildman–Crippen LogP) is -0.359. The summed E-state index contributed by atoms with van der Waals surface area (Å²) in [5.74, 6) is 0.836. The Kier molecular flexibility index (Phi) is 2.82. The number of pyridine rings is 1. The van der Waals surface area contributed by atoms with Gasteiger partial charge in [-0.05, 0) is 6.07 Å². The zero-order valence-electron chi connectivity index (χ0n) is 8.39. The molecule has 0 radical (unpaired) electrons. The quantitative estimate of drug-likeness (QED) is 0.647. The summed E-state index contributed by atoms with van der Waals surface area (Å²) in [4.78, 5) is 17.0. The fourth-order valence-electron chi connectivity index (χ4n) is 1.68. The molecule has 0 aliphatic carbocycles. The number of nitrogen functional groups attached to an aromatic ring is 1. The summed E-state index contributed by atoms with van der Waals surface area (Å²) >= 11 is 0. The predicted molar refractivity (Wildman–Crippen MR) is 58.7 cm³/mol. The van der Waals surface area contributed by atoms with Crippen molar-refractivity contribution in [2.45, 2.75) is 6.04 Å². The average Bonchev–Trinajstić information content (AvgIpc) is 2.29. The number of anilines is 2. The topological polar surface area (TPSA) is 71.2 Å². The smallest absolute Gasteiger partial charge is 0.138 e. The highest BCUT2D eigenvalue weighted by molar-refractivity contribution is 5.60. The van der Waals surface area contributed by atoms with Crippen molar-refractivity contribution in [2.75, 3.05) is 30.3 Å². The number of hydrogen-bond donors (Lipinski definition) is 2. The van der Waals surface area contributed by atoms with Gasteiger partial charge in [0.25, 0.3) is 0 Å². The molecule has 0 amide bonds. The third kappa shape index (κ3) is 2.24. The molecule has 80 valence electrons. The van der Waals surface area contributed by atoms with Crippen LogP contribution in [0.15, 0.2) is 18.3 Å². The van der Waals surface area contributed by atoms with Gasteiger partial charge in [-0.1, -0.05) is 0 Å². The number of piperazine rings is 1. The van der Waals surface area contributed by atoms with Crippen molar-refractivity contribution in [3.8, 4) is 0 Å². The Morgan fingerprint density at radius 3 is 3.27 bits per heavy atom. The highest BCUT2D eigenvalue weighted by Gasteiger charge is 2.19. The molecule has 0 bridgehead atoms. The molecule has 5 nitrogen and oxygen atoms in total. The molecule has 1 aliphatic heterocycles. The third-order valence-electron chi connectivity index (χ3n) is 2.46. The van der Waals surface area contributed by atoms with E-state index in [4.69, 9.17) is 5.73 Å². The fourth-order valence-corrected chi connectivity index (χ4v) is 1.68. The molecule has 1 unspecified atom stereocenters. The first kappa shape index (κ1) is 9.92. The lowest BCUT2D eigenvalue weighted by atomic mass is 10.2. The van der Waals surface area contributed by atoms with Crippen LogP contribution in [0.3, 0.4) is 0 Å². The van der Waals surface area contributed by atoms with Crippen LogP contribution in [0.25, 0.3) is 0 Å². The van der Waals surface area contributed by atoms with E-state index in [0.29, 0.717) is 12.2 Å². The van der Waals surface area contributed by atoms with E-state index in [-0.39, 0.29) is 6.04 Å². The highest BCUT2D eigenvalue weighted by Crippen LogP contribution is 2.15. The number of carbonyl (C=O) groups is 1. The summed E-state index contributed by atoms with van der Waals surface area (Å²) in [6.45, 7) is 2.29. The van der Waals surface area contributed by atoms with Crippen LogP contribution in [-0.2, 0) is 4.79 Å². The summed E-state index contributed by atoms with van der Waals surface area (Å²) in [6.07, 6.45) is 2.61. The molecular weight excluding hydrogens is 192 g/mol. The third-order valence-corrected chi connectivity index (χ3v) is 2.46. The Hall–Kier alpha value is -1.62. The van der Waals surface area contributed by atoms with Gasteiger partial charge in [0, 0.05) is 37.6 Å². The number of nitrogens with zero attached hydrogens (tertiary/aromatic N) is 2. The van der Waals surface area contributed by atoms with E-state index >= 15 is 0 Å². The second kappa shape index (κ2) is 4.27. The van der Waals surface area contributed by atoms with Crippen LogP contribution in [0.5, 0.6) is 0 Å². The van der Waals surface area contributed by atoms with Gasteiger partial charge in [0.15, 0.2) is 0 Å². The second-order valence-corrected chi connectivity index (χ2v) is 3.59. The molecule has 5 heteroatoms. The van der Waals surface area contributed by atoms with Gasteiger partial charge in [-0.25, -0.2) is 4.98 Å². The van der Waals surface area contributed by atoms with Crippen LogP contribution < -0.4 is 16.0 Å². The maximum absolute atomic E-state index is 10.7. The monoisotopic (exact) mass is 206 g/mol. The summed E-state index contributed by atoms with van der Waals surface area (Å²) in [5, 5.41) is 3.11. The van der Waals surface area contributed by atoms with Crippen molar-refractivity contribution in [2.24, 2.45) is 0 Å². The van der Waals surface area contributed by atoms with Gasteiger partial charge in [0.1, 0.15) is 12.1 Å². The zero-order valence-corrected chi connectivity index (χ0v) is 8.39. The highest BCUT2D eigenvalue weighted by atomic mass is 16.1. The lowest BCUT2D eigenvalue weighted by Gasteiger charge is -2.32. The molecule has 0 spiro atoms. The minimum absolute atomic E-state index is 0.109. The van der Waals surface area contributed by atoms with Gasteiger partial charge in [0.05, 0.1) is 6.04 Å². The summed E-state index contributed by atoms with van der Waals surface area (Å²) < 4.78 is 0. The molecule has 2 rings (SSSR count). The molecule has 0 aromatic carbocycles. The number of carbonyl (C=O) groups excluding carboxylic acids is 1. The van der Waals surface area contributed by atoms with Crippen molar-refractivity contribution < 1.29 is 4.79 Å². The second-order valence-electron chi connectivity index (χ2n) is 3.59. The van der Waals surface area contributed by atoms with E-state index in [1.807, 2.05) is 6.07 Å². The average molecular weight is 206 g/mol. The van der Waals surface area contributed by atoms with Gasteiger partial charge in [-0.15, -0.1) is 0 Å². The van der Waals surface area contributed by atoms with Gasteiger partial charge in [0.2, 0.25) is 0 Å². The number of rotatable bonds is 2. The standard InChI is InChI=1S/C10H14N4O/c11-8-1-2-13-10(5-8)14-4-3-12-9(6-14)7-15/h1-2,5,7,9,12H,3-4,6H2,(H2,11,13). The molecule has 0 saturated carbocycles. The number of aldehydes is 1. The molecule has 1 fully saturated rings. The minimum atomic E-state index is -0.109. The Labute approximate surface area is 88.3 Å². The zero-order chi connectivity index (χ0) is 10.7. The maximum atomic E-state index is 10.7. The van der Waals surface area contributed by atoms with Crippen molar-refractivity contribution in [3.63, 3.8) is 0 Å². The van der Waals surface area contributed by atoms with E-state index in [2.05, 4.69) is 15.2 Å². The number of hydrogen-bond acceptors (Lipinski definition) is 5. The number of aromatic nitrogens is 1. The lowest BCUT2D eigenvalue weighted by molar-refractivity contribution is -0.109. The van der Waals surface area contributed by atoms with E-state index in [1.54, 1.807) is 12.3 Å². The Morgan fingerprint density at radius 1 is 1.67 bits per heavy atom. The van der Waals surface area contributed by atoms with Crippen LogP contribution in [0.1, 0.15) is 0 Å². The van der Waals surface area contributed by atoms with E-state index in [9.17, 15) is 4.79 Å². The Bertz CT molecular complexity index is 355. The van der Waals surface area contributed by atoms with Crippen molar-refractivity contribution >= 4 is 17.8 Å². The summed E-state index contributed by atoms with van der Waals surface area (Å²) in [6, 6.07) is 3.47. The number of nitrogens with one attached hydrogen (secondary N) is 1. The number of nitrogens with two attached hydrogens (primary N) is 1. The normalized spacial score (nSPS) is 21.3. The minimum Gasteiger partial charge on any atom is -0.399 e. The molecular formula is C10H14N4O.